The molecule has 3 aromatic heterocycles. The first kappa shape index (κ1) is 23.8. The number of nitrogens with zero attached hydrogens (tertiary/aromatic N) is 6. The van der Waals surface area contributed by atoms with Gasteiger partial charge in [0.15, 0.2) is 0 Å². The van der Waals surface area contributed by atoms with Gasteiger partial charge in [-0.3, -0.25) is 4.21 Å². The number of aryl methyl sites for hydroxylation is 1. The van der Waals surface area contributed by atoms with Crippen molar-refractivity contribution in [1.29, 1.82) is 0 Å². The van der Waals surface area contributed by atoms with E-state index in [2.05, 4.69) is 38.8 Å². The van der Waals surface area contributed by atoms with Crippen LogP contribution in [-0.2, 0) is 23.3 Å². The summed E-state index contributed by atoms with van der Waals surface area (Å²) in [5.74, 6) is 1.26. The molecule has 0 bridgehead atoms. The highest BCUT2D eigenvalue weighted by atomic mass is 32.2. The zero-order valence-electron chi connectivity index (χ0n) is 19.7. The number of rotatable bonds is 8. The Morgan fingerprint density at radius 2 is 1.89 bits per heavy atom. The summed E-state index contributed by atoms with van der Waals surface area (Å²) in [6.45, 7) is 6.04. The number of imidazole rings is 1. The van der Waals surface area contributed by atoms with Crippen LogP contribution in [0.1, 0.15) is 37.8 Å². The number of hydrogen-bond acceptors (Lipinski definition) is 9. The molecule has 1 aromatic carbocycles. The summed E-state index contributed by atoms with van der Waals surface area (Å²) in [6.07, 6.45) is 8.73. The highest BCUT2D eigenvalue weighted by Crippen LogP contribution is 2.30. The lowest BCUT2D eigenvalue weighted by molar-refractivity contribution is 0.131. The van der Waals surface area contributed by atoms with E-state index in [0.29, 0.717) is 11.1 Å². The van der Waals surface area contributed by atoms with Gasteiger partial charge in [0.2, 0.25) is 10.9 Å². The third-order valence-corrected chi connectivity index (χ3v) is 7.81. The lowest BCUT2D eigenvalue weighted by atomic mass is 9.92. The Balaban J connectivity index is 1.17. The highest BCUT2D eigenvalue weighted by Gasteiger charge is 2.27. The lowest BCUT2D eigenvalue weighted by Crippen LogP contribution is -2.39. The van der Waals surface area contributed by atoms with Crippen LogP contribution in [0.2, 0.25) is 0 Å². The van der Waals surface area contributed by atoms with E-state index in [4.69, 9.17) is 4.74 Å². The summed E-state index contributed by atoms with van der Waals surface area (Å²) in [5, 5.41) is 5.18. The smallest absolute Gasteiger partial charge is 0.294 e. The molecule has 0 N–H and O–H groups in total. The Bertz CT molecular complexity index is 1270. The molecule has 0 spiro atoms. The molecule has 1 saturated heterocycles. The molecule has 4 heterocycles. The quantitative estimate of drug-likeness (QED) is 0.328. The Kier molecular flexibility index (Phi) is 7.07. The van der Waals surface area contributed by atoms with Gasteiger partial charge in [0.25, 0.3) is 5.19 Å². The molecule has 1 fully saturated rings. The minimum absolute atomic E-state index is 0.0118. The molecule has 0 saturated carbocycles. The number of aromatic nitrogens is 5. The first-order valence-electron chi connectivity index (χ1n) is 11.7. The molecule has 9 nitrogen and oxygen atoms in total. The average Bonchev–Trinajstić information content (AvgIpc) is 3.43. The minimum atomic E-state index is -2.10. The fourth-order valence-corrected chi connectivity index (χ4v) is 5.57. The van der Waals surface area contributed by atoms with E-state index in [9.17, 15) is 8.76 Å². The van der Waals surface area contributed by atoms with Crippen LogP contribution in [0.5, 0.6) is 5.19 Å². The second-order valence-electron chi connectivity index (χ2n) is 8.76. The predicted molar refractivity (Wildman–Crippen MR) is 135 cm³/mol. The molecule has 0 amide bonds. The molecule has 35 heavy (non-hydrogen) atoms. The monoisotopic (exact) mass is 511 g/mol. The maximum Gasteiger partial charge on any atom is 0.294 e. The van der Waals surface area contributed by atoms with Crippen LogP contribution in [0, 0.1) is 5.92 Å². The molecule has 5 rings (SSSR count). The van der Waals surface area contributed by atoms with Crippen LogP contribution >= 0.6 is 11.3 Å². The Morgan fingerprint density at radius 3 is 2.51 bits per heavy atom. The number of anilines is 1. The third-order valence-electron chi connectivity index (χ3n) is 6.43. The molecular weight excluding hydrogens is 484 g/mol. The second kappa shape index (κ2) is 10.4. The van der Waals surface area contributed by atoms with Gasteiger partial charge >= 0.3 is 0 Å². The maximum absolute atomic E-state index is 10.9. The second-order valence-corrected chi connectivity index (χ2v) is 10.6. The van der Waals surface area contributed by atoms with Crippen LogP contribution < -0.4 is 9.64 Å². The van der Waals surface area contributed by atoms with Crippen molar-refractivity contribution < 1.29 is 13.5 Å². The van der Waals surface area contributed by atoms with E-state index in [1.165, 1.54) is 11.3 Å². The van der Waals surface area contributed by atoms with Gasteiger partial charge < -0.3 is 14.2 Å². The topological polar surface area (TPSA) is 109 Å². The molecule has 0 radical (unpaired) electrons. The lowest BCUT2D eigenvalue weighted by Gasteiger charge is -2.34. The van der Waals surface area contributed by atoms with Crippen LogP contribution in [0.15, 0.2) is 42.9 Å². The third kappa shape index (κ3) is 5.52. The molecule has 1 aliphatic heterocycles. The van der Waals surface area contributed by atoms with Crippen molar-refractivity contribution in [2.75, 3.05) is 18.0 Å². The van der Waals surface area contributed by atoms with Crippen molar-refractivity contribution >= 4 is 33.3 Å². The molecule has 1 unspecified atom stereocenters. The van der Waals surface area contributed by atoms with Gasteiger partial charge in [0.05, 0.1) is 11.9 Å². The van der Waals surface area contributed by atoms with Gasteiger partial charge in [0.1, 0.15) is 6.10 Å². The number of hydrogen-bond donors (Lipinski definition) is 0. The molecule has 184 valence electrons. The number of ether oxygens (including phenoxy) is 1. The van der Waals surface area contributed by atoms with Gasteiger partial charge in [-0.25, -0.2) is 19.5 Å². The summed E-state index contributed by atoms with van der Waals surface area (Å²) < 4.78 is 29.7. The molecule has 1 aliphatic rings. The first-order chi connectivity index (χ1) is 17.0. The molecule has 0 aliphatic carbocycles. The Morgan fingerprint density at radius 1 is 1.17 bits per heavy atom. The van der Waals surface area contributed by atoms with Crippen molar-refractivity contribution in [3.05, 3.63) is 54.0 Å². The molecule has 11 heteroatoms. The van der Waals surface area contributed by atoms with Gasteiger partial charge in [-0.05, 0) is 54.6 Å². The minimum Gasteiger partial charge on any atom is -0.772 e. The van der Waals surface area contributed by atoms with Crippen LogP contribution in [0.4, 0.5) is 5.95 Å². The number of fused-ring (bicyclic) bond motifs is 1. The zero-order valence-corrected chi connectivity index (χ0v) is 21.3. The maximum atomic E-state index is 10.9. The van der Waals surface area contributed by atoms with Crippen molar-refractivity contribution in [3.8, 4) is 16.5 Å². The van der Waals surface area contributed by atoms with Gasteiger partial charge in [-0.1, -0.05) is 42.3 Å². The average molecular weight is 512 g/mol. The van der Waals surface area contributed by atoms with Crippen molar-refractivity contribution in [3.63, 3.8) is 0 Å². The zero-order chi connectivity index (χ0) is 24.4. The fraction of sp³-hybridized carbons (Fsp3) is 0.417. The fourth-order valence-electron chi connectivity index (χ4n) is 4.29. The van der Waals surface area contributed by atoms with Crippen molar-refractivity contribution in [2.24, 2.45) is 5.92 Å². The number of benzene rings is 1. The van der Waals surface area contributed by atoms with Gasteiger partial charge in [-0.15, -0.1) is 5.10 Å². The van der Waals surface area contributed by atoms with Crippen LogP contribution in [0.25, 0.3) is 16.2 Å². The Hall–Kier alpha value is -2.89. The summed E-state index contributed by atoms with van der Waals surface area (Å²) >= 11 is -0.671. The summed E-state index contributed by atoms with van der Waals surface area (Å²) in [7, 11) is 0. The van der Waals surface area contributed by atoms with E-state index in [-0.39, 0.29) is 11.9 Å². The standard InChI is InChI=1S/C24H28N6O3S2/c1-3-17-12-25-22(26-13-17)29-10-8-19(9-11-29)16(2)33-24-28-30-14-21(27-23(30)34-24)20-6-4-18(5-7-20)15-35(31)32/h4-7,12-14,16,19H,3,8-11,15H2,1-2H3,(H,31,32)/p-1/t16-/m0/s1. The van der Waals surface area contributed by atoms with E-state index >= 15 is 0 Å². The van der Waals surface area contributed by atoms with Crippen LogP contribution in [0.3, 0.4) is 0 Å². The summed E-state index contributed by atoms with van der Waals surface area (Å²) in [6, 6.07) is 7.37. The normalized spacial score (nSPS) is 16.5. The van der Waals surface area contributed by atoms with E-state index in [1.54, 1.807) is 16.6 Å². The van der Waals surface area contributed by atoms with Gasteiger partial charge in [-0.2, -0.15) is 0 Å². The van der Waals surface area contributed by atoms with Crippen molar-refractivity contribution in [1.82, 2.24) is 24.6 Å². The molecule has 4 aromatic rings. The largest absolute Gasteiger partial charge is 0.772 e. The van der Waals surface area contributed by atoms with Gasteiger partial charge in [0, 0.05) is 36.8 Å². The molecule has 2 atom stereocenters. The van der Waals surface area contributed by atoms with E-state index in [1.807, 2.05) is 30.7 Å². The highest BCUT2D eigenvalue weighted by molar-refractivity contribution is 7.78. The SMILES string of the molecule is CCc1cnc(N2CCC([C@H](C)Oc3nn4cc(-c5ccc(CS(=O)[O-])cc5)nc4s3)CC2)nc1. The van der Waals surface area contributed by atoms with E-state index < -0.39 is 11.1 Å². The molecular formula is C24H27N6O3S2-. The van der Waals surface area contributed by atoms with Crippen molar-refractivity contribution in [2.45, 2.75) is 45.0 Å². The predicted octanol–water partition coefficient (Wildman–Crippen LogP) is 3.87. The van der Waals surface area contributed by atoms with E-state index in [0.717, 1.165) is 65.6 Å². The first-order valence-corrected chi connectivity index (χ1v) is 13.8. The Labute approximate surface area is 210 Å². The summed E-state index contributed by atoms with van der Waals surface area (Å²) in [4.78, 5) is 16.7. The summed E-state index contributed by atoms with van der Waals surface area (Å²) in [5.41, 5.74) is 3.61. The number of piperidine rings is 1. The van der Waals surface area contributed by atoms with Crippen LogP contribution in [-0.4, -0.2) is 52.5 Å².